The van der Waals surface area contributed by atoms with Crippen LogP contribution in [0.2, 0.25) is 0 Å². The molecule has 0 radical (unpaired) electrons. The summed E-state index contributed by atoms with van der Waals surface area (Å²) >= 11 is 0. The summed E-state index contributed by atoms with van der Waals surface area (Å²) in [4.78, 5) is 28.7. The summed E-state index contributed by atoms with van der Waals surface area (Å²) in [5, 5.41) is 3.27. The Morgan fingerprint density at radius 2 is 1.47 bits per heavy atom. The Labute approximate surface area is 201 Å². The van der Waals surface area contributed by atoms with E-state index in [2.05, 4.69) is 11.4 Å². The quantitative estimate of drug-likeness (QED) is 0.457. The van der Waals surface area contributed by atoms with Gasteiger partial charge in [-0.25, -0.2) is 4.90 Å². The number of carbonyl (C=O) groups is 2. The molecular formula is C29H30N2O3. The molecule has 0 aromatic heterocycles. The van der Waals surface area contributed by atoms with Gasteiger partial charge < -0.3 is 10.1 Å². The standard InChI is InChI=1S/C29H30N2O3/c1-17(2)34-24-12-10-22(11-13-24)26-27(30-23-15-18(3)14-19(4)16-23)29(33)31(28(26)32)25-9-7-8-20(5)21(25)6/h7-17,30H,1-6H3. The van der Waals surface area contributed by atoms with Gasteiger partial charge in [-0.15, -0.1) is 0 Å². The monoisotopic (exact) mass is 454 g/mol. The Bertz CT molecular complexity index is 1280. The number of ether oxygens (including phenoxy) is 1. The molecule has 174 valence electrons. The molecule has 0 atom stereocenters. The number of anilines is 2. The Hall–Kier alpha value is -3.86. The average Bonchev–Trinajstić information content (AvgIpc) is 2.99. The van der Waals surface area contributed by atoms with Crippen LogP contribution in [0.15, 0.2) is 66.4 Å². The maximum atomic E-state index is 13.8. The number of benzene rings is 3. The van der Waals surface area contributed by atoms with Crippen LogP contribution in [0.3, 0.4) is 0 Å². The molecule has 34 heavy (non-hydrogen) atoms. The van der Waals surface area contributed by atoms with Crippen molar-refractivity contribution in [2.45, 2.75) is 47.6 Å². The minimum Gasteiger partial charge on any atom is -0.491 e. The average molecular weight is 455 g/mol. The van der Waals surface area contributed by atoms with Crippen molar-refractivity contribution in [2.24, 2.45) is 0 Å². The first-order valence-electron chi connectivity index (χ1n) is 11.5. The molecule has 0 unspecified atom stereocenters. The summed E-state index contributed by atoms with van der Waals surface area (Å²) in [5.41, 5.74) is 6.72. The number of aryl methyl sites for hydroxylation is 3. The van der Waals surface area contributed by atoms with Crippen LogP contribution in [-0.4, -0.2) is 17.9 Å². The van der Waals surface area contributed by atoms with Gasteiger partial charge in [0, 0.05) is 5.69 Å². The smallest absolute Gasteiger partial charge is 0.282 e. The van der Waals surface area contributed by atoms with Crippen molar-refractivity contribution < 1.29 is 14.3 Å². The van der Waals surface area contributed by atoms with E-state index >= 15 is 0 Å². The van der Waals surface area contributed by atoms with Crippen molar-refractivity contribution >= 4 is 28.8 Å². The molecule has 5 nitrogen and oxygen atoms in total. The summed E-state index contributed by atoms with van der Waals surface area (Å²) in [6, 6.07) is 19.0. The third-order valence-electron chi connectivity index (χ3n) is 5.91. The molecule has 4 rings (SSSR count). The minimum absolute atomic E-state index is 0.0429. The molecule has 3 aromatic carbocycles. The van der Waals surface area contributed by atoms with Gasteiger partial charge in [-0.05, 0) is 99.7 Å². The fourth-order valence-corrected chi connectivity index (χ4v) is 4.27. The second-order valence-electron chi connectivity index (χ2n) is 9.11. The molecule has 1 aliphatic heterocycles. The highest BCUT2D eigenvalue weighted by atomic mass is 16.5. The normalized spacial score (nSPS) is 13.8. The maximum Gasteiger partial charge on any atom is 0.282 e. The second kappa shape index (κ2) is 9.18. The zero-order chi connectivity index (χ0) is 24.6. The lowest BCUT2D eigenvalue weighted by atomic mass is 10.0. The molecule has 0 aliphatic carbocycles. The van der Waals surface area contributed by atoms with Crippen LogP contribution in [0.5, 0.6) is 5.75 Å². The van der Waals surface area contributed by atoms with Crippen LogP contribution in [0.25, 0.3) is 5.57 Å². The molecule has 1 aliphatic rings. The van der Waals surface area contributed by atoms with Crippen molar-refractivity contribution in [3.63, 3.8) is 0 Å². The lowest BCUT2D eigenvalue weighted by Gasteiger charge is -2.19. The largest absolute Gasteiger partial charge is 0.491 e. The number of nitrogens with one attached hydrogen (secondary N) is 1. The molecule has 1 N–H and O–H groups in total. The lowest BCUT2D eigenvalue weighted by Crippen LogP contribution is -2.33. The van der Waals surface area contributed by atoms with Gasteiger partial charge >= 0.3 is 0 Å². The fraction of sp³-hybridized carbons (Fsp3) is 0.241. The predicted molar refractivity (Wildman–Crippen MR) is 137 cm³/mol. The van der Waals surface area contributed by atoms with Crippen molar-refractivity contribution in [3.8, 4) is 5.75 Å². The zero-order valence-electron chi connectivity index (χ0n) is 20.5. The molecule has 0 bridgehead atoms. The fourth-order valence-electron chi connectivity index (χ4n) is 4.27. The van der Waals surface area contributed by atoms with Gasteiger partial charge in [-0.1, -0.05) is 30.3 Å². The van der Waals surface area contributed by atoms with E-state index < -0.39 is 0 Å². The molecule has 5 heteroatoms. The molecule has 2 amide bonds. The van der Waals surface area contributed by atoms with Crippen LogP contribution >= 0.6 is 0 Å². The van der Waals surface area contributed by atoms with Crippen LogP contribution in [0.1, 0.15) is 41.7 Å². The van der Waals surface area contributed by atoms with Crippen molar-refractivity contribution in [1.82, 2.24) is 0 Å². The van der Waals surface area contributed by atoms with Crippen LogP contribution in [0.4, 0.5) is 11.4 Å². The van der Waals surface area contributed by atoms with Gasteiger partial charge in [0.15, 0.2) is 0 Å². The molecule has 0 saturated carbocycles. The minimum atomic E-state index is -0.365. The highest BCUT2D eigenvalue weighted by molar-refractivity contribution is 6.46. The molecule has 0 spiro atoms. The van der Waals surface area contributed by atoms with Gasteiger partial charge in [0.25, 0.3) is 11.8 Å². The Morgan fingerprint density at radius 3 is 2.09 bits per heavy atom. The van der Waals surface area contributed by atoms with Gasteiger partial charge in [0.05, 0.1) is 17.4 Å². The van der Waals surface area contributed by atoms with Crippen LogP contribution in [-0.2, 0) is 9.59 Å². The number of rotatable bonds is 6. The van der Waals surface area contributed by atoms with Crippen molar-refractivity contribution in [3.05, 3.63) is 94.2 Å². The number of nitrogens with zero attached hydrogens (tertiary/aromatic N) is 1. The van der Waals surface area contributed by atoms with Gasteiger partial charge in [-0.3, -0.25) is 9.59 Å². The predicted octanol–water partition coefficient (Wildman–Crippen LogP) is 6.10. The topological polar surface area (TPSA) is 58.6 Å². The van der Waals surface area contributed by atoms with Gasteiger partial charge in [-0.2, -0.15) is 0 Å². The Balaban J connectivity index is 1.82. The molecular weight excluding hydrogens is 424 g/mol. The second-order valence-corrected chi connectivity index (χ2v) is 9.11. The summed E-state index contributed by atoms with van der Waals surface area (Å²) < 4.78 is 5.75. The van der Waals surface area contributed by atoms with E-state index in [1.54, 1.807) is 0 Å². The number of hydrogen-bond acceptors (Lipinski definition) is 4. The van der Waals surface area contributed by atoms with E-state index in [4.69, 9.17) is 4.74 Å². The SMILES string of the molecule is Cc1cc(C)cc(NC2=C(c3ccc(OC(C)C)cc3)C(=O)N(c3cccc(C)c3C)C2=O)c1. The number of hydrogen-bond donors (Lipinski definition) is 1. The van der Waals surface area contributed by atoms with E-state index in [-0.39, 0.29) is 23.6 Å². The zero-order valence-corrected chi connectivity index (χ0v) is 20.5. The third-order valence-corrected chi connectivity index (χ3v) is 5.91. The van der Waals surface area contributed by atoms with Gasteiger partial charge in [0.1, 0.15) is 11.4 Å². The lowest BCUT2D eigenvalue weighted by molar-refractivity contribution is -0.120. The molecule has 0 fully saturated rings. The van der Waals surface area contributed by atoms with Crippen molar-refractivity contribution in [1.29, 1.82) is 0 Å². The highest BCUT2D eigenvalue weighted by Crippen LogP contribution is 2.36. The van der Waals surface area contributed by atoms with E-state index in [0.29, 0.717) is 22.6 Å². The van der Waals surface area contributed by atoms with E-state index in [1.807, 2.05) is 96.1 Å². The Kier molecular flexibility index (Phi) is 6.29. The first-order chi connectivity index (χ1) is 16.2. The van der Waals surface area contributed by atoms with Crippen LogP contribution < -0.4 is 15.0 Å². The number of amides is 2. The molecule has 1 heterocycles. The third kappa shape index (κ3) is 4.46. The van der Waals surface area contributed by atoms with Crippen LogP contribution in [0, 0.1) is 27.7 Å². The molecule has 3 aromatic rings. The van der Waals surface area contributed by atoms with E-state index in [0.717, 1.165) is 27.9 Å². The number of carbonyl (C=O) groups excluding carboxylic acids is 2. The first-order valence-corrected chi connectivity index (χ1v) is 11.5. The first kappa shape index (κ1) is 23.3. The van der Waals surface area contributed by atoms with E-state index in [1.165, 1.54) is 4.90 Å². The summed E-state index contributed by atoms with van der Waals surface area (Å²) in [5.74, 6) is 0.00444. The summed E-state index contributed by atoms with van der Waals surface area (Å²) in [6.45, 7) is 11.8. The van der Waals surface area contributed by atoms with E-state index in [9.17, 15) is 9.59 Å². The highest BCUT2D eigenvalue weighted by Gasteiger charge is 2.41. The summed E-state index contributed by atoms with van der Waals surface area (Å²) in [6.07, 6.45) is 0.0429. The van der Waals surface area contributed by atoms with Gasteiger partial charge in [0.2, 0.25) is 0 Å². The maximum absolute atomic E-state index is 13.8. The summed E-state index contributed by atoms with van der Waals surface area (Å²) in [7, 11) is 0. The Morgan fingerprint density at radius 1 is 0.824 bits per heavy atom. The number of imide groups is 1. The molecule has 0 saturated heterocycles. The van der Waals surface area contributed by atoms with Crippen molar-refractivity contribution in [2.75, 3.05) is 10.2 Å².